The molecule has 0 heterocycles. The molecule has 0 unspecified atom stereocenters. The molecule has 0 fully saturated rings. The number of benzene rings is 2. The molecule has 2 aromatic carbocycles. The van der Waals surface area contributed by atoms with Gasteiger partial charge in [-0.15, -0.1) is 0 Å². The summed E-state index contributed by atoms with van der Waals surface area (Å²) >= 11 is 0. The first kappa shape index (κ1) is 26.4. The van der Waals surface area contributed by atoms with E-state index in [1.54, 1.807) is 10.9 Å². The third kappa shape index (κ3) is 6.08. The van der Waals surface area contributed by atoms with Gasteiger partial charge in [-0.1, -0.05) is 133 Å². The van der Waals surface area contributed by atoms with Crippen molar-refractivity contribution in [2.75, 3.05) is 0 Å². The fourth-order valence-corrected chi connectivity index (χ4v) is 13.3. The Morgan fingerprint density at radius 3 is 1.42 bits per heavy atom. The molecule has 0 N–H and O–H groups in total. The summed E-state index contributed by atoms with van der Waals surface area (Å²) in [5.41, 5.74) is 7.70. The number of rotatable bonds is 5. The van der Waals surface area contributed by atoms with Crippen molar-refractivity contribution in [2.24, 2.45) is 0 Å². The van der Waals surface area contributed by atoms with Gasteiger partial charge in [0.05, 0.1) is 0 Å². The minimum absolute atomic E-state index is 0.283. The third-order valence-corrected chi connectivity index (χ3v) is 12.7. The van der Waals surface area contributed by atoms with Crippen LogP contribution in [-0.2, 0) is 0 Å². The zero-order valence-electron chi connectivity index (χ0n) is 22.8. The van der Waals surface area contributed by atoms with Gasteiger partial charge in [0, 0.05) is 5.66 Å². The van der Waals surface area contributed by atoms with Gasteiger partial charge in [-0.3, -0.25) is 0 Å². The second kappa shape index (κ2) is 9.80. The van der Waals surface area contributed by atoms with Crippen LogP contribution in [0.2, 0.25) is 0 Å². The molecule has 0 saturated heterocycles. The first-order valence-electron chi connectivity index (χ1n) is 12.3. The quantitative estimate of drug-likeness (QED) is 0.376. The van der Waals surface area contributed by atoms with Crippen LogP contribution in [0.3, 0.4) is 0 Å². The Hall–Kier alpha value is -1.22. The second-order valence-corrected chi connectivity index (χ2v) is 18.3. The third-order valence-electron chi connectivity index (χ3n) is 6.39. The van der Waals surface area contributed by atoms with E-state index < -0.39 is 7.92 Å². The van der Waals surface area contributed by atoms with Gasteiger partial charge >= 0.3 is 0 Å². The maximum Gasteiger partial charge on any atom is 0.00650 e. The highest BCUT2D eigenvalue weighted by atomic mass is 31.1. The molecule has 1 aliphatic rings. The monoisotopic (exact) mass is 478 g/mol. The molecule has 33 heavy (non-hydrogen) atoms. The van der Waals surface area contributed by atoms with Crippen molar-refractivity contribution in [2.45, 2.75) is 98.6 Å². The van der Waals surface area contributed by atoms with E-state index in [1.165, 1.54) is 32.9 Å². The normalized spacial score (nSPS) is 15.8. The summed E-state index contributed by atoms with van der Waals surface area (Å²) in [4.78, 5) is 0. The van der Waals surface area contributed by atoms with Gasteiger partial charge in [0.1, 0.15) is 0 Å². The summed E-state index contributed by atoms with van der Waals surface area (Å²) in [6.07, 6.45) is 6.03. The molecule has 178 valence electrons. The van der Waals surface area contributed by atoms with Gasteiger partial charge in [0.15, 0.2) is 0 Å². The van der Waals surface area contributed by atoms with Gasteiger partial charge in [-0.25, -0.2) is 0 Å². The van der Waals surface area contributed by atoms with E-state index in [2.05, 4.69) is 125 Å². The van der Waals surface area contributed by atoms with Gasteiger partial charge in [0.2, 0.25) is 0 Å². The Labute approximate surface area is 206 Å². The molecule has 0 bridgehead atoms. The maximum absolute atomic E-state index is 2.52. The van der Waals surface area contributed by atoms with Crippen LogP contribution in [0.4, 0.5) is 0 Å². The summed E-state index contributed by atoms with van der Waals surface area (Å²) in [7, 11) is -0.798. The maximum atomic E-state index is 2.52. The molecule has 0 aliphatic heterocycles. The summed E-state index contributed by atoms with van der Waals surface area (Å²) < 4.78 is 0. The van der Waals surface area contributed by atoms with Gasteiger partial charge in [0.25, 0.3) is 0 Å². The average molecular weight is 479 g/mol. The SMILES string of the molecule is Cc1cc(C)cc(P(c2cc(C)cc(C)c2)[C@H](C)C2=C(P(C(C)(C)C)C(C)(C)C)C=CC2)c1. The highest BCUT2D eigenvalue weighted by Gasteiger charge is 2.39. The summed E-state index contributed by atoms with van der Waals surface area (Å²) in [5.74, 6) is 0. The summed E-state index contributed by atoms with van der Waals surface area (Å²) in [5, 5.41) is 5.28. The van der Waals surface area contributed by atoms with E-state index >= 15 is 0 Å². The van der Waals surface area contributed by atoms with Gasteiger partial charge < -0.3 is 0 Å². The molecule has 2 aromatic rings. The smallest absolute Gasteiger partial charge is 0.00650 e. The Morgan fingerprint density at radius 1 is 0.667 bits per heavy atom. The van der Waals surface area contributed by atoms with Crippen LogP contribution < -0.4 is 10.6 Å². The lowest BCUT2D eigenvalue weighted by Crippen LogP contribution is -2.27. The molecule has 1 atom stereocenters. The van der Waals surface area contributed by atoms with Crippen molar-refractivity contribution in [1.82, 2.24) is 0 Å². The van der Waals surface area contributed by atoms with Crippen LogP contribution in [0.1, 0.15) is 77.1 Å². The standard InChI is InChI=1S/C31H44P2/c1-21-15-22(2)18-26(17-21)32(27-19-23(3)16-24(4)20-27)25(5)28-13-12-14-29(28)33(30(6,7)8)31(9,10)11/h12,14-20,25H,13H2,1-11H3/t25-/m1/s1. The van der Waals surface area contributed by atoms with Gasteiger partial charge in [-0.05, 0) is 68.3 Å². The van der Waals surface area contributed by atoms with Crippen molar-refractivity contribution < 1.29 is 0 Å². The molecule has 1 aliphatic carbocycles. The molecule has 0 spiro atoms. The largest absolute Gasteiger partial charge is 0.0798 e. The topological polar surface area (TPSA) is 0 Å². The predicted octanol–water partition coefficient (Wildman–Crippen LogP) is 9.03. The second-order valence-electron chi connectivity index (χ2n) is 11.9. The van der Waals surface area contributed by atoms with Crippen LogP contribution >= 0.6 is 15.8 Å². The highest BCUT2D eigenvalue weighted by molar-refractivity contribution is 7.74. The zero-order valence-corrected chi connectivity index (χ0v) is 24.6. The molecule has 2 heteroatoms. The lowest BCUT2D eigenvalue weighted by molar-refractivity contribution is 0.711. The van der Waals surface area contributed by atoms with Crippen LogP contribution in [-0.4, -0.2) is 16.0 Å². The predicted molar refractivity (Wildman–Crippen MR) is 155 cm³/mol. The Balaban J connectivity index is 2.23. The molecule has 0 aromatic heterocycles. The lowest BCUT2D eigenvalue weighted by Gasteiger charge is -2.43. The van der Waals surface area contributed by atoms with E-state index in [9.17, 15) is 0 Å². The molecular formula is C31H44P2. The van der Waals surface area contributed by atoms with Crippen molar-refractivity contribution in [3.63, 3.8) is 0 Å². The molecule has 0 radical (unpaired) electrons. The van der Waals surface area contributed by atoms with Crippen molar-refractivity contribution in [1.29, 1.82) is 0 Å². The Kier molecular flexibility index (Phi) is 7.83. The Bertz CT molecular complexity index is 967. The van der Waals surface area contributed by atoms with E-state index in [4.69, 9.17) is 0 Å². The van der Waals surface area contributed by atoms with Crippen molar-refractivity contribution in [3.05, 3.63) is 81.7 Å². The van der Waals surface area contributed by atoms with E-state index in [0.717, 1.165) is 6.42 Å². The van der Waals surface area contributed by atoms with E-state index in [1.807, 2.05) is 0 Å². The van der Waals surface area contributed by atoms with Crippen molar-refractivity contribution >= 4 is 26.5 Å². The highest BCUT2D eigenvalue weighted by Crippen LogP contribution is 2.67. The zero-order chi connectivity index (χ0) is 24.7. The van der Waals surface area contributed by atoms with Gasteiger partial charge in [-0.2, -0.15) is 0 Å². The molecule has 0 saturated carbocycles. The molecular weight excluding hydrogens is 434 g/mol. The summed E-state index contributed by atoms with van der Waals surface area (Å²) in [6, 6.07) is 14.4. The van der Waals surface area contributed by atoms with E-state index in [-0.39, 0.29) is 18.2 Å². The first-order valence-corrected chi connectivity index (χ1v) is 15.1. The van der Waals surface area contributed by atoms with Crippen LogP contribution in [0.15, 0.2) is 59.4 Å². The number of hydrogen-bond acceptors (Lipinski definition) is 0. The first-order chi connectivity index (χ1) is 15.2. The average Bonchev–Trinajstić information content (AvgIpc) is 3.06. The molecule has 3 rings (SSSR count). The number of hydrogen-bond donors (Lipinski definition) is 0. The van der Waals surface area contributed by atoms with Crippen LogP contribution in [0, 0.1) is 27.7 Å². The fourth-order valence-electron chi connectivity index (χ4n) is 5.77. The Morgan fingerprint density at radius 2 is 1.06 bits per heavy atom. The molecule has 0 amide bonds. The van der Waals surface area contributed by atoms with Crippen LogP contribution in [0.5, 0.6) is 0 Å². The lowest BCUT2D eigenvalue weighted by atomic mass is 10.1. The minimum atomic E-state index is -0.499. The van der Waals surface area contributed by atoms with Crippen LogP contribution in [0.25, 0.3) is 0 Å². The molecule has 0 nitrogen and oxygen atoms in total. The summed E-state index contributed by atoms with van der Waals surface area (Å²) in [6.45, 7) is 26.2. The van der Waals surface area contributed by atoms with E-state index in [0.29, 0.717) is 5.66 Å². The van der Waals surface area contributed by atoms with Crippen molar-refractivity contribution in [3.8, 4) is 0 Å². The fraction of sp³-hybridized carbons (Fsp3) is 0.484. The number of aryl methyl sites for hydroxylation is 4. The number of allylic oxidation sites excluding steroid dienone is 4. The minimum Gasteiger partial charge on any atom is -0.0798 e.